The Bertz CT molecular complexity index is 752. The summed E-state index contributed by atoms with van der Waals surface area (Å²) in [6.45, 7) is 3.26. The van der Waals surface area contributed by atoms with E-state index in [4.69, 9.17) is 21.7 Å². The third-order valence-corrected chi connectivity index (χ3v) is 3.00. The molecule has 0 aliphatic carbocycles. The van der Waals surface area contributed by atoms with E-state index in [2.05, 4.69) is 10.6 Å². The van der Waals surface area contributed by atoms with Crippen molar-refractivity contribution in [3.8, 4) is 11.3 Å². The van der Waals surface area contributed by atoms with Gasteiger partial charge in [0.05, 0.1) is 5.69 Å². The molecular weight excluding hydrogens is 304 g/mol. The van der Waals surface area contributed by atoms with Crippen molar-refractivity contribution in [2.75, 3.05) is 5.32 Å². The van der Waals surface area contributed by atoms with Gasteiger partial charge < -0.3 is 20.2 Å². The molecule has 22 heavy (non-hydrogen) atoms. The van der Waals surface area contributed by atoms with Crippen molar-refractivity contribution in [3.05, 3.63) is 41.7 Å². The van der Waals surface area contributed by atoms with Gasteiger partial charge in [-0.25, -0.2) is 4.79 Å². The molecule has 114 valence electrons. The third kappa shape index (κ3) is 3.70. The zero-order chi connectivity index (χ0) is 16.3. The number of aryl methyl sites for hydroxylation is 1. The molecule has 0 aliphatic rings. The van der Waals surface area contributed by atoms with Crippen molar-refractivity contribution in [1.82, 2.24) is 5.32 Å². The van der Waals surface area contributed by atoms with Crippen LogP contribution in [0.5, 0.6) is 0 Å². The van der Waals surface area contributed by atoms with Crippen LogP contribution in [-0.2, 0) is 4.79 Å². The highest BCUT2D eigenvalue weighted by Gasteiger charge is 2.14. The maximum Gasteiger partial charge on any atom is 0.371 e. The summed E-state index contributed by atoms with van der Waals surface area (Å²) < 4.78 is 5.30. The summed E-state index contributed by atoms with van der Waals surface area (Å²) in [5.41, 5.74) is 2.23. The number of carbonyl (C=O) groups excluding carboxylic acids is 1. The van der Waals surface area contributed by atoms with Gasteiger partial charge in [-0.15, -0.1) is 0 Å². The third-order valence-electron chi connectivity index (χ3n) is 2.80. The summed E-state index contributed by atoms with van der Waals surface area (Å²) in [4.78, 5) is 21.9. The van der Waals surface area contributed by atoms with Gasteiger partial charge in [-0.3, -0.25) is 4.79 Å². The molecule has 2 rings (SSSR count). The summed E-state index contributed by atoms with van der Waals surface area (Å²) in [7, 11) is 0. The average Bonchev–Trinajstić information content (AvgIpc) is 2.87. The van der Waals surface area contributed by atoms with Crippen LogP contribution in [0.25, 0.3) is 11.3 Å². The monoisotopic (exact) mass is 318 g/mol. The lowest BCUT2D eigenvalue weighted by Gasteiger charge is -2.12. The molecule has 0 radical (unpaired) electrons. The Labute approximate surface area is 132 Å². The number of thiocarbonyl (C=S) groups is 1. The number of hydrogen-bond donors (Lipinski definition) is 3. The van der Waals surface area contributed by atoms with Gasteiger partial charge in [0, 0.05) is 12.5 Å². The van der Waals surface area contributed by atoms with Gasteiger partial charge in [0.2, 0.25) is 11.7 Å². The summed E-state index contributed by atoms with van der Waals surface area (Å²) in [5.74, 6) is -1.17. The van der Waals surface area contributed by atoms with Gasteiger partial charge in [-0.2, -0.15) is 0 Å². The Morgan fingerprint density at radius 1 is 1.23 bits per heavy atom. The lowest BCUT2D eigenvalue weighted by Crippen LogP contribution is -2.32. The summed E-state index contributed by atoms with van der Waals surface area (Å²) in [6.07, 6.45) is 0. The van der Waals surface area contributed by atoms with Gasteiger partial charge in [-0.05, 0) is 49.0 Å². The van der Waals surface area contributed by atoms with E-state index in [0.717, 1.165) is 5.56 Å². The van der Waals surface area contributed by atoms with Crippen LogP contribution < -0.4 is 10.6 Å². The number of rotatable bonds is 3. The fourth-order valence-electron chi connectivity index (χ4n) is 1.89. The molecule has 1 aromatic heterocycles. The van der Waals surface area contributed by atoms with E-state index < -0.39 is 5.97 Å². The number of carboxylic acid groups (broad SMARTS) is 1. The van der Waals surface area contributed by atoms with Crippen molar-refractivity contribution in [2.24, 2.45) is 0 Å². The minimum atomic E-state index is -1.14. The van der Waals surface area contributed by atoms with Gasteiger partial charge in [0.25, 0.3) is 0 Å². The van der Waals surface area contributed by atoms with Crippen LogP contribution >= 0.6 is 12.2 Å². The van der Waals surface area contributed by atoms with E-state index in [0.29, 0.717) is 17.0 Å². The van der Waals surface area contributed by atoms with Crippen LogP contribution in [0.15, 0.2) is 34.7 Å². The van der Waals surface area contributed by atoms with E-state index >= 15 is 0 Å². The Morgan fingerprint density at radius 2 is 1.95 bits per heavy atom. The average molecular weight is 318 g/mol. The molecule has 0 bridgehead atoms. The van der Waals surface area contributed by atoms with Crippen molar-refractivity contribution in [2.45, 2.75) is 13.8 Å². The van der Waals surface area contributed by atoms with E-state index in [9.17, 15) is 9.59 Å². The number of furan rings is 1. The molecule has 1 aromatic carbocycles. The van der Waals surface area contributed by atoms with Crippen molar-refractivity contribution in [3.63, 3.8) is 0 Å². The van der Waals surface area contributed by atoms with Crippen LogP contribution in [0, 0.1) is 6.92 Å². The van der Waals surface area contributed by atoms with Gasteiger partial charge in [0.15, 0.2) is 5.11 Å². The molecule has 3 N–H and O–H groups in total. The molecule has 0 atom stereocenters. The number of carboxylic acids is 1. The maximum atomic E-state index is 11.0. The Hall–Kier alpha value is -2.67. The first-order valence-corrected chi connectivity index (χ1v) is 6.80. The normalized spacial score (nSPS) is 10.1. The number of amides is 1. The molecule has 0 saturated carbocycles. The lowest BCUT2D eigenvalue weighted by atomic mass is 10.1. The maximum absolute atomic E-state index is 11.0. The molecule has 0 fully saturated rings. The van der Waals surface area contributed by atoms with Gasteiger partial charge in [-0.1, -0.05) is 6.07 Å². The molecule has 7 heteroatoms. The lowest BCUT2D eigenvalue weighted by molar-refractivity contribution is -0.117. The largest absolute Gasteiger partial charge is 0.475 e. The molecule has 1 amide bonds. The molecule has 1 heterocycles. The summed E-state index contributed by atoms with van der Waals surface area (Å²) in [5, 5.41) is 14.5. The highest BCUT2D eigenvalue weighted by atomic mass is 32.1. The van der Waals surface area contributed by atoms with E-state index in [1.54, 1.807) is 12.1 Å². The first-order chi connectivity index (χ1) is 10.4. The molecule has 0 unspecified atom stereocenters. The topological polar surface area (TPSA) is 91.6 Å². The smallest absolute Gasteiger partial charge is 0.371 e. The molecule has 0 spiro atoms. The van der Waals surface area contributed by atoms with E-state index in [-0.39, 0.29) is 16.8 Å². The van der Waals surface area contributed by atoms with E-state index in [1.807, 2.05) is 19.1 Å². The van der Waals surface area contributed by atoms with E-state index in [1.165, 1.54) is 13.0 Å². The zero-order valence-corrected chi connectivity index (χ0v) is 12.8. The fraction of sp³-hybridized carbons (Fsp3) is 0.133. The zero-order valence-electron chi connectivity index (χ0n) is 12.0. The number of nitrogens with one attached hydrogen (secondary N) is 2. The molecular formula is C15H14N2O4S. The molecule has 0 saturated heterocycles. The highest BCUT2D eigenvalue weighted by molar-refractivity contribution is 7.80. The first kappa shape index (κ1) is 15.7. The van der Waals surface area contributed by atoms with Crippen LogP contribution in [-0.4, -0.2) is 22.1 Å². The van der Waals surface area contributed by atoms with Gasteiger partial charge in [0.1, 0.15) is 5.76 Å². The minimum Gasteiger partial charge on any atom is -0.475 e. The predicted molar refractivity (Wildman–Crippen MR) is 85.9 cm³/mol. The number of carbonyl (C=O) groups is 2. The van der Waals surface area contributed by atoms with Crippen LogP contribution in [0.2, 0.25) is 0 Å². The predicted octanol–water partition coefficient (Wildman–Crippen LogP) is 2.79. The number of anilines is 1. The quantitative estimate of drug-likeness (QED) is 0.754. The second-order valence-corrected chi connectivity index (χ2v) is 5.06. The Balaban J connectivity index is 2.36. The van der Waals surface area contributed by atoms with Gasteiger partial charge >= 0.3 is 5.97 Å². The second-order valence-electron chi connectivity index (χ2n) is 4.65. The molecule has 0 aliphatic heterocycles. The first-order valence-electron chi connectivity index (χ1n) is 6.39. The van der Waals surface area contributed by atoms with Crippen molar-refractivity contribution < 1.29 is 19.1 Å². The minimum absolute atomic E-state index is 0.147. The SMILES string of the molecule is CC(=O)NC(=S)Nc1cc(C)ccc1-c1ccc(C(=O)O)o1. The van der Waals surface area contributed by atoms with Crippen LogP contribution in [0.3, 0.4) is 0 Å². The van der Waals surface area contributed by atoms with Crippen molar-refractivity contribution >= 4 is 34.9 Å². The molecule has 2 aromatic rings. The Morgan fingerprint density at radius 3 is 2.55 bits per heavy atom. The summed E-state index contributed by atoms with van der Waals surface area (Å²) in [6, 6.07) is 8.43. The summed E-state index contributed by atoms with van der Waals surface area (Å²) >= 11 is 5.04. The highest BCUT2D eigenvalue weighted by Crippen LogP contribution is 2.30. The fourth-order valence-corrected chi connectivity index (χ4v) is 2.14. The van der Waals surface area contributed by atoms with Crippen LogP contribution in [0.4, 0.5) is 5.69 Å². The van der Waals surface area contributed by atoms with Crippen LogP contribution in [0.1, 0.15) is 23.0 Å². The number of benzene rings is 1. The number of hydrogen-bond acceptors (Lipinski definition) is 4. The Kier molecular flexibility index (Phi) is 4.57. The second kappa shape index (κ2) is 6.40. The standard InChI is InChI=1S/C15H14N2O4S/c1-8-3-4-10(12-5-6-13(21-12)14(19)20)11(7-8)17-15(22)16-9(2)18/h3-7H,1-2H3,(H,19,20)(H2,16,17,18,22). The molecule has 6 nitrogen and oxygen atoms in total. The number of aromatic carboxylic acids is 1. The van der Waals surface area contributed by atoms with Crippen molar-refractivity contribution in [1.29, 1.82) is 0 Å².